The van der Waals surface area contributed by atoms with Gasteiger partial charge in [0.25, 0.3) is 0 Å². The summed E-state index contributed by atoms with van der Waals surface area (Å²) in [5.74, 6) is 3.57. The molecule has 0 unspecified atom stereocenters. The van der Waals surface area contributed by atoms with E-state index in [0.29, 0.717) is 0 Å². The van der Waals surface area contributed by atoms with Crippen LogP contribution in [0.5, 0.6) is 23.0 Å². The third-order valence-corrected chi connectivity index (χ3v) is 15.6. The van der Waals surface area contributed by atoms with Gasteiger partial charge in [-0.1, -0.05) is 200 Å². The number of rotatable bonds is 5. The number of ether oxygens (including phenoxy) is 2. The highest BCUT2D eigenvalue weighted by Gasteiger charge is 2.53. The third-order valence-electron chi connectivity index (χ3n) is 15.6. The summed E-state index contributed by atoms with van der Waals surface area (Å²) in [5.41, 5.74) is 21.5. The van der Waals surface area contributed by atoms with Crippen LogP contribution < -0.4 is 14.4 Å². The lowest BCUT2D eigenvalue weighted by Crippen LogP contribution is -2.32. The zero-order valence-corrected chi connectivity index (χ0v) is 38.6. The standard InChI is InChI=1S/C68H43NO2/c1-2-18-44(19-3-1)46-20-16-21-49(42-46)69(61-31-17-30-60-66(61)51-23-5-7-25-54(51)68(60)58-28-10-14-34-64(58)71-65-35-15-11-29-59(65)68)48-39-36-45(37-40-48)47-38-41-55-52(43-47)50-22-4-6-24-53(50)67(55)56-26-8-12-32-62(56)70-63-33-13-9-27-57(63)67/h1-43H. The summed E-state index contributed by atoms with van der Waals surface area (Å²) in [6, 6.07) is 95.0. The summed E-state index contributed by atoms with van der Waals surface area (Å²) in [4.78, 5) is 2.46. The highest BCUT2D eigenvalue weighted by atomic mass is 16.5. The van der Waals surface area contributed by atoms with Gasteiger partial charge in [0.2, 0.25) is 0 Å². The molecule has 11 aromatic rings. The molecule has 15 rings (SSSR count). The first-order chi connectivity index (χ1) is 35.2. The van der Waals surface area contributed by atoms with E-state index in [-0.39, 0.29) is 0 Å². The SMILES string of the molecule is c1ccc(-c2cccc(N(c3ccc(-c4ccc5c(c4)-c4ccccc4C54c5ccccc5Oc5ccccc54)cc3)c3cccc4c3-c3ccccc3C43c4ccccc4Oc4ccccc43)c2)cc1. The molecule has 2 aliphatic carbocycles. The Bertz CT molecular complexity index is 3870. The van der Waals surface area contributed by atoms with Crippen molar-refractivity contribution < 1.29 is 9.47 Å². The van der Waals surface area contributed by atoms with Gasteiger partial charge in [-0.15, -0.1) is 0 Å². The van der Waals surface area contributed by atoms with Crippen molar-refractivity contribution in [2.24, 2.45) is 0 Å². The first kappa shape index (κ1) is 39.8. The molecule has 2 heterocycles. The van der Waals surface area contributed by atoms with Crippen molar-refractivity contribution in [3.63, 3.8) is 0 Å². The number of nitrogens with zero attached hydrogens (tertiary/aromatic N) is 1. The van der Waals surface area contributed by atoms with Gasteiger partial charge in [-0.25, -0.2) is 0 Å². The maximum absolute atomic E-state index is 6.70. The lowest BCUT2D eigenvalue weighted by atomic mass is 9.66. The molecule has 0 aromatic heterocycles. The number of hydrogen-bond donors (Lipinski definition) is 0. The van der Waals surface area contributed by atoms with Gasteiger partial charge >= 0.3 is 0 Å². The van der Waals surface area contributed by atoms with Crippen LogP contribution in [0.4, 0.5) is 17.1 Å². The average molecular weight is 906 g/mol. The van der Waals surface area contributed by atoms with Gasteiger partial charge in [-0.05, 0) is 122 Å². The molecule has 71 heavy (non-hydrogen) atoms. The van der Waals surface area contributed by atoms with Crippen LogP contribution in [0.25, 0.3) is 44.5 Å². The second-order valence-electron chi connectivity index (χ2n) is 19.0. The molecular weight excluding hydrogens is 863 g/mol. The van der Waals surface area contributed by atoms with Crippen LogP contribution in [0.15, 0.2) is 261 Å². The molecule has 11 aromatic carbocycles. The van der Waals surface area contributed by atoms with Gasteiger partial charge in [0.15, 0.2) is 0 Å². The Labute approximate surface area is 413 Å². The Kier molecular flexibility index (Phi) is 8.49. The summed E-state index contributed by atoms with van der Waals surface area (Å²) in [6.07, 6.45) is 0. The number of anilines is 3. The summed E-state index contributed by atoms with van der Waals surface area (Å²) in [6.45, 7) is 0. The van der Waals surface area contributed by atoms with E-state index in [1.807, 2.05) is 0 Å². The van der Waals surface area contributed by atoms with E-state index in [0.717, 1.165) is 62.3 Å². The molecule has 332 valence electrons. The summed E-state index contributed by atoms with van der Waals surface area (Å²) in [5, 5.41) is 0. The fraction of sp³-hybridized carbons (Fsp3) is 0.0294. The molecule has 3 nitrogen and oxygen atoms in total. The minimum atomic E-state index is -0.589. The highest BCUT2D eigenvalue weighted by Crippen LogP contribution is 2.65. The molecule has 0 bridgehead atoms. The Morgan fingerprint density at radius 3 is 1.30 bits per heavy atom. The fourth-order valence-corrected chi connectivity index (χ4v) is 12.8. The maximum Gasteiger partial charge on any atom is 0.132 e. The number of benzene rings is 11. The van der Waals surface area contributed by atoms with E-state index in [9.17, 15) is 0 Å². The van der Waals surface area contributed by atoms with E-state index >= 15 is 0 Å². The first-order valence-electron chi connectivity index (χ1n) is 24.5. The summed E-state index contributed by atoms with van der Waals surface area (Å²) in [7, 11) is 0. The Balaban J connectivity index is 0.913. The molecule has 0 fully saturated rings. The normalized spacial score (nSPS) is 14.1. The van der Waals surface area contributed by atoms with Gasteiger partial charge in [-0.3, -0.25) is 0 Å². The topological polar surface area (TPSA) is 21.7 Å². The Morgan fingerprint density at radius 2 is 0.676 bits per heavy atom. The molecule has 3 heteroatoms. The molecular formula is C68H43NO2. The van der Waals surface area contributed by atoms with Gasteiger partial charge in [0.1, 0.15) is 23.0 Å². The maximum atomic E-state index is 6.70. The quantitative estimate of drug-likeness (QED) is 0.172. The third kappa shape index (κ3) is 5.49. The minimum Gasteiger partial charge on any atom is -0.457 e. The smallest absolute Gasteiger partial charge is 0.132 e. The zero-order chi connectivity index (χ0) is 46.7. The second-order valence-corrected chi connectivity index (χ2v) is 19.0. The molecule has 0 saturated carbocycles. The predicted octanol–water partition coefficient (Wildman–Crippen LogP) is 17.4. The Hall–Kier alpha value is -9.18. The van der Waals surface area contributed by atoms with E-state index in [2.05, 4.69) is 266 Å². The van der Waals surface area contributed by atoms with Crippen molar-refractivity contribution in [1.29, 1.82) is 0 Å². The van der Waals surface area contributed by atoms with Crippen molar-refractivity contribution in [2.45, 2.75) is 10.8 Å². The zero-order valence-electron chi connectivity index (χ0n) is 38.6. The van der Waals surface area contributed by atoms with Crippen molar-refractivity contribution >= 4 is 17.1 Å². The lowest BCUT2D eigenvalue weighted by molar-refractivity contribution is 0.436. The van der Waals surface area contributed by atoms with Gasteiger partial charge < -0.3 is 14.4 Å². The number of fused-ring (bicyclic) bond motifs is 18. The number of para-hydroxylation sites is 4. The molecule has 2 spiro atoms. The molecule has 0 radical (unpaired) electrons. The van der Waals surface area contributed by atoms with Crippen molar-refractivity contribution in [3.05, 3.63) is 305 Å². The molecule has 0 saturated heterocycles. The van der Waals surface area contributed by atoms with Crippen LogP contribution in [0, 0.1) is 0 Å². The van der Waals surface area contributed by atoms with Gasteiger partial charge in [-0.2, -0.15) is 0 Å². The summed E-state index contributed by atoms with van der Waals surface area (Å²) >= 11 is 0. The van der Waals surface area contributed by atoms with Crippen LogP contribution >= 0.6 is 0 Å². The van der Waals surface area contributed by atoms with Crippen molar-refractivity contribution in [3.8, 4) is 67.5 Å². The largest absolute Gasteiger partial charge is 0.457 e. The van der Waals surface area contributed by atoms with Crippen LogP contribution in [0.3, 0.4) is 0 Å². The van der Waals surface area contributed by atoms with Crippen molar-refractivity contribution in [1.82, 2.24) is 0 Å². The van der Waals surface area contributed by atoms with E-state index < -0.39 is 10.8 Å². The first-order valence-corrected chi connectivity index (χ1v) is 24.5. The van der Waals surface area contributed by atoms with E-state index in [4.69, 9.17) is 9.47 Å². The van der Waals surface area contributed by atoms with E-state index in [1.54, 1.807) is 0 Å². The molecule has 4 aliphatic rings. The van der Waals surface area contributed by atoms with Crippen molar-refractivity contribution in [2.75, 3.05) is 4.90 Å². The predicted molar refractivity (Wildman–Crippen MR) is 287 cm³/mol. The minimum absolute atomic E-state index is 0.503. The van der Waals surface area contributed by atoms with E-state index in [1.165, 1.54) is 66.8 Å². The molecule has 0 atom stereocenters. The average Bonchev–Trinajstić information content (AvgIpc) is 3.90. The Morgan fingerprint density at radius 1 is 0.254 bits per heavy atom. The molecule has 0 amide bonds. The number of hydrogen-bond acceptors (Lipinski definition) is 3. The fourth-order valence-electron chi connectivity index (χ4n) is 12.8. The second kappa shape index (κ2) is 15.2. The van der Waals surface area contributed by atoms with Gasteiger partial charge in [0.05, 0.1) is 16.5 Å². The summed E-state index contributed by atoms with van der Waals surface area (Å²) < 4.78 is 13.3. The molecule has 0 N–H and O–H groups in total. The van der Waals surface area contributed by atoms with Crippen LogP contribution in [-0.4, -0.2) is 0 Å². The van der Waals surface area contributed by atoms with Crippen LogP contribution in [-0.2, 0) is 10.8 Å². The van der Waals surface area contributed by atoms with Crippen LogP contribution in [0.2, 0.25) is 0 Å². The van der Waals surface area contributed by atoms with Crippen LogP contribution in [0.1, 0.15) is 44.5 Å². The highest BCUT2D eigenvalue weighted by molar-refractivity contribution is 5.99. The lowest BCUT2D eigenvalue weighted by Gasteiger charge is -2.39. The van der Waals surface area contributed by atoms with Gasteiger partial charge in [0, 0.05) is 39.2 Å². The monoisotopic (exact) mass is 905 g/mol. The molecule has 2 aliphatic heterocycles.